The predicted molar refractivity (Wildman–Crippen MR) is 149 cm³/mol. The first-order chi connectivity index (χ1) is 18.3. The topological polar surface area (TPSA) is 94.7 Å². The Balaban J connectivity index is 1.36. The van der Waals surface area contributed by atoms with Crippen LogP contribution in [0.1, 0.15) is 11.1 Å². The molecule has 198 valence electrons. The summed E-state index contributed by atoms with van der Waals surface area (Å²) >= 11 is 0. The van der Waals surface area contributed by atoms with Gasteiger partial charge in [0.25, 0.3) is 0 Å². The zero-order valence-corrected chi connectivity index (χ0v) is 22.4. The zero-order chi connectivity index (χ0) is 26.7. The van der Waals surface area contributed by atoms with Crippen LogP contribution in [0, 0.1) is 6.92 Å². The van der Waals surface area contributed by atoms with Gasteiger partial charge in [0, 0.05) is 49.0 Å². The van der Waals surface area contributed by atoms with Crippen molar-refractivity contribution in [3.8, 4) is 5.75 Å². The summed E-state index contributed by atoms with van der Waals surface area (Å²) in [7, 11) is -2.27. The van der Waals surface area contributed by atoms with Crippen molar-refractivity contribution in [3.05, 3.63) is 90.1 Å². The first kappa shape index (κ1) is 25.8. The molecule has 1 aliphatic rings. The lowest BCUT2D eigenvalue weighted by Gasteiger charge is -2.37. The summed E-state index contributed by atoms with van der Waals surface area (Å²) in [5.41, 5.74) is 3.86. The van der Waals surface area contributed by atoms with Crippen LogP contribution in [-0.4, -0.2) is 63.5 Å². The molecule has 5 rings (SSSR count). The Kier molecular flexibility index (Phi) is 7.40. The van der Waals surface area contributed by atoms with Gasteiger partial charge in [-0.3, -0.25) is 4.79 Å². The number of aromatic amines is 1. The molecule has 1 saturated heterocycles. The molecule has 0 saturated carbocycles. The molecule has 3 aromatic carbocycles. The SMILES string of the molecule is COc1ccc(N2CCN(C(=O)C(Cc3c[nH]c4ccccc34)NS(=O)(=O)c3ccc(C)cc3)CC2)cc1. The Morgan fingerprint density at radius 1 is 0.974 bits per heavy atom. The van der Waals surface area contributed by atoms with Crippen LogP contribution in [0.25, 0.3) is 10.9 Å². The summed E-state index contributed by atoms with van der Waals surface area (Å²) in [4.78, 5) is 21.2. The maximum absolute atomic E-state index is 13.8. The van der Waals surface area contributed by atoms with E-state index in [-0.39, 0.29) is 17.2 Å². The maximum atomic E-state index is 13.8. The fraction of sp³-hybridized carbons (Fsp3) is 0.276. The third-order valence-electron chi connectivity index (χ3n) is 7.05. The van der Waals surface area contributed by atoms with Gasteiger partial charge in [0.1, 0.15) is 11.8 Å². The van der Waals surface area contributed by atoms with E-state index in [0.29, 0.717) is 26.2 Å². The van der Waals surface area contributed by atoms with Gasteiger partial charge in [0.2, 0.25) is 15.9 Å². The van der Waals surface area contributed by atoms with E-state index < -0.39 is 16.1 Å². The average Bonchev–Trinajstić information content (AvgIpc) is 3.35. The summed E-state index contributed by atoms with van der Waals surface area (Å²) < 4.78 is 34.6. The number of fused-ring (bicyclic) bond motifs is 1. The van der Waals surface area contributed by atoms with E-state index in [1.807, 2.05) is 61.7 Å². The molecule has 1 aliphatic heterocycles. The summed E-state index contributed by atoms with van der Waals surface area (Å²) in [5, 5.41) is 0.976. The summed E-state index contributed by atoms with van der Waals surface area (Å²) in [6.45, 7) is 4.22. The van der Waals surface area contributed by atoms with E-state index in [1.165, 1.54) is 0 Å². The van der Waals surface area contributed by atoms with Crippen molar-refractivity contribution < 1.29 is 17.9 Å². The number of rotatable bonds is 8. The fourth-order valence-electron chi connectivity index (χ4n) is 4.87. The van der Waals surface area contributed by atoms with Gasteiger partial charge < -0.3 is 19.5 Å². The number of methoxy groups -OCH3 is 1. The lowest BCUT2D eigenvalue weighted by Crippen LogP contribution is -2.55. The number of carbonyl (C=O) groups is 1. The highest BCUT2D eigenvalue weighted by atomic mass is 32.2. The highest BCUT2D eigenvalue weighted by Crippen LogP contribution is 2.23. The first-order valence-corrected chi connectivity index (χ1v) is 14.1. The van der Waals surface area contributed by atoms with Crippen molar-refractivity contribution in [2.45, 2.75) is 24.3 Å². The van der Waals surface area contributed by atoms with Gasteiger partial charge in [-0.1, -0.05) is 35.9 Å². The van der Waals surface area contributed by atoms with Gasteiger partial charge >= 0.3 is 0 Å². The number of carbonyl (C=O) groups excluding carboxylic acids is 1. The molecule has 8 nitrogen and oxygen atoms in total. The second-order valence-corrected chi connectivity index (χ2v) is 11.3. The third kappa shape index (κ3) is 5.54. The Bertz CT molecular complexity index is 1510. The molecule has 1 aromatic heterocycles. The number of hydrogen-bond acceptors (Lipinski definition) is 5. The number of hydrogen-bond donors (Lipinski definition) is 2. The van der Waals surface area contributed by atoms with Crippen LogP contribution in [0.2, 0.25) is 0 Å². The second-order valence-electron chi connectivity index (χ2n) is 9.56. The molecule has 2 heterocycles. The number of nitrogens with one attached hydrogen (secondary N) is 2. The van der Waals surface area contributed by atoms with Crippen molar-refractivity contribution in [1.82, 2.24) is 14.6 Å². The molecule has 1 unspecified atom stereocenters. The minimum atomic E-state index is -3.91. The molecule has 9 heteroatoms. The number of aromatic nitrogens is 1. The van der Waals surface area contributed by atoms with Gasteiger partial charge in [-0.25, -0.2) is 8.42 Å². The summed E-state index contributed by atoms with van der Waals surface area (Å²) in [5.74, 6) is 0.573. The zero-order valence-electron chi connectivity index (χ0n) is 21.6. The van der Waals surface area contributed by atoms with Gasteiger partial charge in [0.05, 0.1) is 12.0 Å². The Labute approximate surface area is 223 Å². The monoisotopic (exact) mass is 532 g/mol. The number of anilines is 1. The van der Waals surface area contributed by atoms with Gasteiger partial charge in [-0.15, -0.1) is 0 Å². The molecule has 2 N–H and O–H groups in total. The van der Waals surface area contributed by atoms with Crippen LogP contribution in [-0.2, 0) is 21.2 Å². The van der Waals surface area contributed by atoms with Gasteiger partial charge in [-0.2, -0.15) is 4.72 Å². The van der Waals surface area contributed by atoms with Crippen LogP contribution in [0.15, 0.2) is 83.9 Å². The number of H-pyrrole nitrogens is 1. The largest absolute Gasteiger partial charge is 0.497 e. The molecular formula is C29H32N4O4S. The summed E-state index contributed by atoms with van der Waals surface area (Å²) in [6, 6.07) is 21.4. The third-order valence-corrected chi connectivity index (χ3v) is 8.54. The molecule has 1 amide bonds. The van der Waals surface area contributed by atoms with E-state index in [0.717, 1.165) is 33.5 Å². The maximum Gasteiger partial charge on any atom is 0.241 e. The number of aryl methyl sites for hydroxylation is 1. The Morgan fingerprint density at radius 3 is 2.34 bits per heavy atom. The number of benzene rings is 3. The normalized spacial score (nSPS) is 15.0. The fourth-order valence-corrected chi connectivity index (χ4v) is 6.06. The Hall–Kier alpha value is -3.82. The van der Waals surface area contributed by atoms with Crippen molar-refractivity contribution in [2.24, 2.45) is 0 Å². The molecule has 0 radical (unpaired) electrons. The van der Waals surface area contributed by atoms with Crippen molar-refractivity contribution in [3.63, 3.8) is 0 Å². The van der Waals surface area contributed by atoms with Crippen LogP contribution in [0.4, 0.5) is 5.69 Å². The minimum Gasteiger partial charge on any atom is -0.497 e. The van der Waals surface area contributed by atoms with E-state index in [1.54, 1.807) is 36.3 Å². The molecule has 1 fully saturated rings. The number of sulfonamides is 1. The lowest BCUT2D eigenvalue weighted by atomic mass is 10.0. The number of para-hydroxylation sites is 1. The van der Waals surface area contributed by atoms with Crippen LogP contribution in [0.3, 0.4) is 0 Å². The van der Waals surface area contributed by atoms with Crippen LogP contribution < -0.4 is 14.4 Å². The highest BCUT2D eigenvalue weighted by molar-refractivity contribution is 7.89. The average molecular weight is 533 g/mol. The first-order valence-electron chi connectivity index (χ1n) is 12.7. The smallest absolute Gasteiger partial charge is 0.241 e. The lowest BCUT2D eigenvalue weighted by molar-refractivity contribution is -0.133. The second kappa shape index (κ2) is 10.9. The van der Waals surface area contributed by atoms with Crippen LogP contribution in [0.5, 0.6) is 5.75 Å². The molecule has 38 heavy (non-hydrogen) atoms. The number of nitrogens with zero attached hydrogens (tertiary/aromatic N) is 2. The molecule has 1 atom stereocenters. The van der Waals surface area contributed by atoms with E-state index >= 15 is 0 Å². The van der Waals surface area contributed by atoms with E-state index in [9.17, 15) is 13.2 Å². The van der Waals surface area contributed by atoms with Gasteiger partial charge in [-0.05, 0) is 61.4 Å². The quantitative estimate of drug-likeness (QED) is 0.361. The molecule has 0 bridgehead atoms. The minimum absolute atomic E-state index is 0.143. The van der Waals surface area contributed by atoms with E-state index in [2.05, 4.69) is 14.6 Å². The van der Waals surface area contributed by atoms with Crippen LogP contribution >= 0.6 is 0 Å². The standard InChI is InChI=1S/C29H32N4O4S/c1-21-7-13-25(14-8-21)38(35,36)31-28(19-22-20-30-27-6-4-3-5-26(22)27)29(34)33-17-15-32(16-18-33)23-9-11-24(37-2)12-10-23/h3-14,20,28,30-31H,15-19H2,1-2H3. The molecule has 0 aliphatic carbocycles. The molecule has 4 aromatic rings. The molecular weight excluding hydrogens is 500 g/mol. The highest BCUT2D eigenvalue weighted by Gasteiger charge is 2.32. The summed E-state index contributed by atoms with van der Waals surface area (Å²) in [6.07, 6.45) is 2.10. The number of ether oxygens (including phenoxy) is 1. The van der Waals surface area contributed by atoms with Crippen molar-refractivity contribution >= 4 is 32.5 Å². The predicted octanol–water partition coefficient (Wildman–Crippen LogP) is 3.72. The number of piperazine rings is 1. The van der Waals surface area contributed by atoms with Crippen molar-refractivity contribution in [2.75, 3.05) is 38.2 Å². The number of amides is 1. The molecule has 0 spiro atoms. The Morgan fingerprint density at radius 2 is 1.66 bits per heavy atom. The van der Waals surface area contributed by atoms with E-state index in [4.69, 9.17) is 4.74 Å². The van der Waals surface area contributed by atoms with Gasteiger partial charge in [0.15, 0.2) is 0 Å². The van der Waals surface area contributed by atoms with Crippen molar-refractivity contribution in [1.29, 1.82) is 0 Å².